The van der Waals surface area contributed by atoms with Crippen LogP contribution in [0.2, 0.25) is 0 Å². The Morgan fingerprint density at radius 1 is 1.17 bits per heavy atom. The van der Waals surface area contributed by atoms with Crippen molar-refractivity contribution in [3.63, 3.8) is 0 Å². The predicted molar refractivity (Wildman–Crippen MR) is 68.1 cm³/mol. The van der Waals surface area contributed by atoms with Crippen LogP contribution in [0.15, 0.2) is 18.2 Å². The highest BCUT2D eigenvalue weighted by Gasteiger charge is 2.36. The molecule has 0 atom stereocenters. The van der Waals surface area contributed by atoms with Crippen LogP contribution < -0.4 is 15.8 Å². The molecule has 18 heavy (non-hydrogen) atoms. The molecule has 0 aliphatic carbocycles. The number of nitrogens with zero attached hydrogens (tertiary/aromatic N) is 2. The van der Waals surface area contributed by atoms with Crippen LogP contribution in [0, 0.1) is 0 Å². The number of rotatable bonds is 1. The van der Waals surface area contributed by atoms with E-state index in [9.17, 15) is 8.78 Å². The molecule has 1 fully saturated rings. The minimum atomic E-state index is -2.57. The van der Waals surface area contributed by atoms with Crippen LogP contribution >= 0.6 is 0 Å². The summed E-state index contributed by atoms with van der Waals surface area (Å²) in [6.45, 7) is 1.29. The molecule has 1 saturated heterocycles. The normalized spacial score (nSPS) is 22.2. The SMILES string of the molecule is NN1CCc2c1cccc2N1CCCC(F)(F)C1. The second-order valence-corrected chi connectivity index (χ2v) is 5.10. The molecule has 2 N–H and O–H groups in total. The van der Waals surface area contributed by atoms with Gasteiger partial charge in [-0.25, -0.2) is 14.6 Å². The molecule has 0 bridgehead atoms. The van der Waals surface area contributed by atoms with Gasteiger partial charge in [-0.05, 0) is 25.0 Å². The third kappa shape index (κ3) is 1.92. The van der Waals surface area contributed by atoms with Crippen molar-refractivity contribution in [3.8, 4) is 0 Å². The summed E-state index contributed by atoms with van der Waals surface area (Å²) in [6.07, 6.45) is 1.38. The Balaban J connectivity index is 1.93. The molecular weight excluding hydrogens is 236 g/mol. The molecule has 0 unspecified atom stereocenters. The maximum atomic E-state index is 13.5. The van der Waals surface area contributed by atoms with Crippen molar-refractivity contribution >= 4 is 11.4 Å². The second kappa shape index (κ2) is 4.09. The highest BCUT2D eigenvalue weighted by Crippen LogP contribution is 2.37. The van der Waals surface area contributed by atoms with Gasteiger partial charge in [-0.3, -0.25) is 0 Å². The van der Waals surface area contributed by atoms with Crippen molar-refractivity contribution in [2.24, 2.45) is 5.84 Å². The maximum absolute atomic E-state index is 13.5. The van der Waals surface area contributed by atoms with Gasteiger partial charge in [-0.2, -0.15) is 0 Å². The van der Waals surface area contributed by atoms with E-state index in [1.807, 2.05) is 23.1 Å². The van der Waals surface area contributed by atoms with E-state index >= 15 is 0 Å². The zero-order chi connectivity index (χ0) is 12.8. The fourth-order valence-electron chi connectivity index (χ4n) is 2.91. The van der Waals surface area contributed by atoms with Crippen LogP contribution in [-0.2, 0) is 6.42 Å². The lowest BCUT2D eigenvalue weighted by Gasteiger charge is -2.35. The molecule has 5 heteroatoms. The molecule has 3 rings (SSSR count). The fraction of sp³-hybridized carbons (Fsp3) is 0.538. The molecule has 1 aromatic carbocycles. The topological polar surface area (TPSA) is 32.5 Å². The highest BCUT2D eigenvalue weighted by molar-refractivity contribution is 5.70. The number of fused-ring (bicyclic) bond motifs is 1. The van der Waals surface area contributed by atoms with E-state index in [1.54, 1.807) is 5.01 Å². The van der Waals surface area contributed by atoms with Gasteiger partial charge in [0.05, 0.1) is 12.2 Å². The van der Waals surface area contributed by atoms with Gasteiger partial charge in [-0.1, -0.05) is 6.07 Å². The average molecular weight is 253 g/mol. The summed E-state index contributed by atoms with van der Waals surface area (Å²) in [5.74, 6) is 3.30. The smallest absolute Gasteiger partial charge is 0.265 e. The van der Waals surface area contributed by atoms with E-state index in [0.717, 1.165) is 29.9 Å². The summed E-state index contributed by atoms with van der Waals surface area (Å²) < 4.78 is 27.0. The van der Waals surface area contributed by atoms with Crippen molar-refractivity contribution in [2.45, 2.75) is 25.2 Å². The number of hydrogen-bond acceptors (Lipinski definition) is 3. The van der Waals surface area contributed by atoms with Gasteiger partial charge in [0.2, 0.25) is 0 Å². The summed E-state index contributed by atoms with van der Waals surface area (Å²) >= 11 is 0. The fourth-order valence-corrected chi connectivity index (χ4v) is 2.91. The number of nitrogens with two attached hydrogens (primary N) is 1. The van der Waals surface area contributed by atoms with Gasteiger partial charge in [0.25, 0.3) is 5.92 Å². The number of hydrogen-bond donors (Lipinski definition) is 1. The van der Waals surface area contributed by atoms with Gasteiger partial charge in [-0.15, -0.1) is 0 Å². The van der Waals surface area contributed by atoms with Crippen LogP contribution in [0.4, 0.5) is 20.2 Å². The molecule has 0 saturated carbocycles. The minimum absolute atomic E-state index is 0.00153. The van der Waals surface area contributed by atoms with Crippen LogP contribution in [0.1, 0.15) is 18.4 Å². The lowest BCUT2D eigenvalue weighted by atomic mass is 10.0. The molecule has 2 aliphatic rings. The van der Waals surface area contributed by atoms with E-state index < -0.39 is 5.92 Å². The van der Waals surface area contributed by atoms with E-state index in [-0.39, 0.29) is 13.0 Å². The van der Waals surface area contributed by atoms with Crippen molar-refractivity contribution in [2.75, 3.05) is 29.5 Å². The molecule has 0 amide bonds. The molecule has 2 heterocycles. The monoisotopic (exact) mass is 253 g/mol. The number of alkyl halides is 2. The third-order valence-corrected chi connectivity index (χ3v) is 3.77. The third-order valence-electron chi connectivity index (χ3n) is 3.77. The zero-order valence-corrected chi connectivity index (χ0v) is 10.2. The molecule has 2 aliphatic heterocycles. The predicted octanol–water partition coefficient (Wildman–Crippen LogP) is 2.16. The average Bonchev–Trinajstić information content (AvgIpc) is 2.70. The molecule has 0 spiro atoms. The van der Waals surface area contributed by atoms with Gasteiger partial charge in [0.15, 0.2) is 0 Å². The lowest BCUT2D eigenvalue weighted by molar-refractivity contribution is -0.0116. The maximum Gasteiger partial charge on any atom is 0.265 e. The van der Waals surface area contributed by atoms with Crippen LogP contribution in [0.3, 0.4) is 0 Å². The Kier molecular flexibility index (Phi) is 2.66. The van der Waals surface area contributed by atoms with E-state index in [0.29, 0.717) is 13.0 Å². The van der Waals surface area contributed by atoms with Crippen molar-refractivity contribution in [3.05, 3.63) is 23.8 Å². The van der Waals surface area contributed by atoms with Crippen molar-refractivity contribution < 1.29 is 8.78 Å². The summed E-state index contributed by atoms with van der Waals surface area (Å²) in [4.78, 5) is 1.81. The first-order valence-corrected chi connectivity index (χ1v) is 6.34. The van der Waals surface area contributed by atoms with Gasteiger partial charge < -0.3 is 9.91 Å². The van der Waals surface area contributed by atoms with Crippen LogP contribution in [0.25, 0.3) is 0 Å². The van der Waals surface area contributed by atoms with Crippen LogP contribution in [0.5, 0.6) is 0 Å². The van der Waals surface area contributed by atoms with Crippen molar-refractivity contribution in [1.82, 2.24) is 0 Å². The lowest BCUT2D eigenvalue weighted by Crippen LogP contribution is -2.43. The summed E-state index contributed by atoms with van der Waals surface area (Å²) in [5.41, 5.74) is 3.01. The Hall–Kier alpha value is -1.36. The van der Waals surface area contributed by atoms with E-state index in [1.165, 1.54) is 0 Å². The Morgan fingerprint density at radius 3 is 2.72 bits per heavy atom. The van der Waals surface area contributed by atoms with Gasteiger partial charge in [0.1, 0.15) is 0 Å². The molecule has 3 nitrogen and oxygen atoms in total. The van der Waals surface area contributed by atoms with E-state index in [4.69, 9.17) is 5.84 Å². The molecule has 98 valence electrons. The highest BCUT2D eigenvalue weighted by atomic mass is 19.3. The van der Waals surface area contributed by atoms with Crippen LogP contribution in [-0.4, -0.2) is 25.6 Å². The first kappa shape index (κ1) is 11.7. The Morgan fingerprint density at radius 2 is 1.94 bits per heavy atom. The largest absolute Gasteiger partial charge is 0.365 e. The zero-order valence-electron chi connectivity index (χ0n) is 10.2. The molecule has 1 aromatic rings. The van der Waals surface area contributed by atoms with E-state index in [2.05, 4.69) is 0 Å². The quantitative estimate of drug-likeness (QED) is 0.778. The van der Waals surface area contributed by atoms with Gasteiger partial charge >= 0.3 is 0 Å². The standard InChI is InChI=1S/C13H17F2N3/c14-13(15)6-2-7-17(9-13)11-3-1-4-12-10(11)5-8-18(12)16/h1,3-4H,2,5-9,16H2. The summed E-state index contributed by atoms with van der Waals surface area (Å²) in [5, 5.41) is 1.70. The summed E-state index contributed by atoms with van der Waals surface area (Å²) in [6, 6.07) is 5.78. The Bertz CT molecular complexity index is 462. The Labute approximate surface area is 105 Å². The second-order valence-electron chi connectivity index (χ2n) is 5.10. The minimum Gasteiger partial charge on any atom is -0.365 e. The molecule has 0 aromatic heterocycles. The number of benzene rings is 1. The number of hydrazine groups is 1. The molecular formula is C13H17F2N3. The molecule has 0 radical (unpaired) electrons. The summed E-state index contributed by atoms with van der Waals surface area (Å²) in [7, 11) is 0. The number of anilines is 2. The first-order chi connectivity index (χ1) is 8.57. The number of halogens is 2. The van der Waals surface area contributed by atoms with Gasteiger partial charge in [0, 0.05) is 30.8 Å². The van der Waals surface area contributed by atoms with Crippen molar-refractivity contribution in [1.29, 1.82) is 0 Å². The number of piperidine rings is 1. The first-order valence-electron chi connectivity index (χ1n) is 6.34.